The van der Waals surface area contributed by atoms with Gasteiger partial charge in [-0.05, 0) is 36.4 Å². The van der Waals surface area contributed by atoms with E-state index in [2.05, 4.69) is 10.0 Å². The van der Waals surface area contributed by atoms with Crippen LogP contribution in [0.2, 0.25) is 0 Å². The number of carbonyl (C=O) groups is 1. The average molecular weight is 431 g/mol. The molecule has 0 radical (unpaired) electrons. The number of halogens is 2. The van der Waals surface area contributed by atoms with E-state index in [1.165, 1.54) is 18.2 Å². The number of anilines is 1. The van der Waals surface area contributed by atoms with E-state index in [-0.39, 0.29) is 30.2 Å². The van der Waals surface area contributed by atoms with Crippen molar-refractivity contribution in [2.75, 3.05) is 24.4 Å². The Kier molecular flexibility index (Phi) is 5.37. The van der Waals surface area contributed by atoms with Crippen molar-refractivity contribution in [3.05, 3.63) is 54.1 Å². The number of sulfonamides is 2. The number of hydrogen-bond acceptors (Lipinski definition) is 5. The topological polar surface area (TPSA) is 113 Å². The smallest absolute Gasteiger partial charge is 0.261 e. The maximum absolute atomic E-state index is 13.3. The normalized spacial score (nSPS) is 15.9. The number of rotatable bonds is 5. The Balaban J connectivity index is 1.88. The first-order valence-electron chi connectivity index (χ1n) is 7.94. The van der Waals surface area contributed by atoms with Crippen LogP contribution in [0.15, 0.2) is 52.3 Å². The number of carbonyl (C=O) groups excluding carboxylic acids is 1. The molecule has 1 fully saturated rings. The minimum Gasteiger partial charge on any atom is -0.354 e. The molecule has 28 heavy (non-hydrogen) atoms. The molecule has 150 valence electrons. The molecular formula is C16H15F2N3O5S2. The second-order valence-corrected chi connectivity index (χ2v) is 9.52. The maximum atomic E-state index is 13.3. The minimum atomic E-state index is -4.28. The van der Waals surface area contributed by atoms with Crippen molar-refractivity contribution in [3.63, 3.8) is 0 Å². The van der Waals surface area contributed by atoms with E-state index in [0.29, 0.717) is 12.1 Å². The maximum Gasteiger partial charge on any atom is 0.261 e. The molecule has 2 aromatic rings. The van der Waals surface area contributed by atoms with Crippen molar-refractivity contribution in [1.82, 2.24) is 9.62 Å². The van der Waals surface area contributed by atoms with Crippen molar-refractivity contribution in [3.8, 4) is 0 Å². The largest absolute Gasteiger partial charge is 0.354 e. The molecule has 1 saturated heterocycles. The predicted octanol–water partition coefficient (Wildman–Crippen LogP) is 0.886. The van der Waals surface area contributed by atoms with E-state index in [9.17, 15) is 30.4 Å². The standard InChI is InChI=1S/C16H15F2N3O5S2/c17-14-5-4-12(9-15(14)18)27(23,24)20-11-2-1-3-13(8-11)28(25,26)21-7-6-19-16(22)10-21/h1-5,8-9,20H,6-7,10H2,(H,19,22). The van der Waals surface area contributed by atoms with Crippen LogP contribution >= 0.6 is 0 Å². The van der Waals surface area contributed by atoms with E-state index < -0.39 is 42.5 Å². The third-order valence-electron chi connectivity index (χ3n) is 3.93. The molecule has 2 aromatic carbocycles. The highest BCUT2D eigenvalue weighted by molar-refractivity contribution is 7.92. The summed E-state index contributed by atoms with van der Waals surface area (Å²) in [5.74, 6) is -2.97. The number of benzene rings is 2. The van der Waals surface area contributed by atoms with Crippen molar-refractivity contribution in [2.45, 2.75) is 9.79 Å². The molecule has 0 spiro atoms. The van der Waals surface area contributed by atoms with Crippen LogP contribution in [0.1, 0.15) is 0 Å². The second kappa shape index (κ2) is 7.45. The van der Waals surface area contributed by atoms with Gasteiger partial charge in [-0.3, -0.25) is 9.52 Å². The SMILES string of the molecule is O=C1CN(S(=O)(=O)c2cccc(NS(=O)(=O)c3ccc(F)c(F)c3)c2)CCN1. The first kappa shape index (κ1) is 20.2. The summed E-state index contributed by atoms with van der Waals surface area (Å²) >= 11 is 0. The van der Waals surface area contributed by atoms with Crippen LogP contribution in [0.3, 0.4) is 0 Å². The Labute approximate surface area is 160 Å². The quantitative estimate of drug-likeness (QED) is 0.730. The van der Waals surface area contributed by atoms with Crippen LogP contribution in [0, 0.1) is 11.6 Å². The van der Waals surface area contributed by atoms with Gasteiger partial charge >= 0.3 is 0 Å². The average Bonchev–Trinajstić information content (AvgIpc) is 2.63. The summed E-state index contributed by atoms with van der Waals surface area (Å²) in [6.45, 7) is -0.0907. The number of piperazine rings is 1. The van der Waals surface area contributed by atoms with Crippen LogP contribution in [-0.2, 0) is 24.8 Å². The summed E-state index contributed by atoms with van der Waals surface area (Å²) in [5, 5.41) is 2.51. The summed E-state index contributed by atoms with van der Waals surface area (Å²) in [6, 6.07) is 7.04. The van der Waals surface area contributed by atoms with Gasteiger partial charge in [0.2, 0.25) is 15.9 Å². The van der Waals surface area contributed by atoms with Gasteiger partial charge in [0.25, 0.3) is 10.0 Å². The molecule has 0 bridgehead atoms. The summed E-state index contributed by atoms with van der Waals surface area (Å²) in [5.41, 5.74) is -0.0905. The van der Waals surface area contributed by atoms with E-state index in [1.54, 1.807) is 0 Å². The van der Waals surface area contributed by atoms with Crippen LogP contribution in [0.5, 0.6) is 0 Å². The first-order valence-corrected chi connectivity index (χ1v) is 10.9. The molecule has 0 unspecified atom stereocenters. The first-order chi connectivity index (χ1) is 13.1. The van der Waals surface area contributed by atoms with Gasteiger partial charge in [-0.15, -0.1) is 0 Å². The fourth-order valence-corrected chi connectivity index (χ4v) is 5.05. The lowest BCUT2D eigenvalue weighted by Crippen LogP contribution is -2.49. The highest BCUT2D eigenvalue weighted by Gasteiger charge is 2.29. The van der Waals surface area contributed by atoms with Gasteiger partial charge in [0.15, 0.2) is 11.6 Å². The van der Waals surface area contributed by atoms with E-state index in [1.807, 2.05) is 0 Å². The summed E-state index contributed by atoms with van der Waals surface area (Å²) in [7, 11) is -8.30. The van der Waals surface area contributed by atoms with Crippen LogP contribution in [-0.4, -0.2) is 46.7 Å². The van der Waals surface area contributed by atoms with Crippen LogP contribution < -0.4 is 10.0 Å². The highest BCUT2D eigenvalue weighted by atomic mass is 32.2. The minimum absolute atomic E-state index is 0.0822. The predicted molar refractivity (Wildman–Crippen MR) is 95.4 cm³/mol. The number of amides is 1. The molecule has 0 saturated carbocycles. The molecule has 0 atom stereocenters. The fourth-order valence-electron chi connectivity index (χ4n) is 2.55. The molecule has 12 heteroatoms. The van der Waals surface area contributed by atoms with E-state index >= 15 is 0 Å². The van der Waals surface area contributed by atoms with Crippen molar-refractivity contribution >= 4 is 31.6 Å². The lowest BCUT2D eigenvalue weighted by molar-refractivity contribution is -0.122. The Bertz CT molecular complexity index is 1140. The zero-order chi connectivity index (χ0) is 20.5. The summed E-state index contributed by atoms with van der Waals surface area (Å²) in [6.07, 6.45) is 0. The zero-order valence-electron chi connectivity index (χ0n) is 14.2. The molecule has 1 heterocycles. The lowest BCUT2D eigenvalue weighted by Gasteiger charge is -2.26. The highest BCUT2D eigenvalue weighted by Crippen LogP contribution is 2.23. The van der Waals surface area contributed by atoms with E-state index in [4.69, 9.17) is 0 Å². The molecule has 2 N–H and O–H groups in total. The van der Waals surface area contributed by atoms with Crippen molar-refractivity contribution in [2.24, 2.45) is 0 Å². The fraction of sp³-hybridized carbons (Fsp3) is 0.188. The number of hydrogen-bond donors (Lipinski definition) is 2. The number of nitrogens with one attached hydrogen (secondary N) is 2. The van der Waals surface area contributed by atoms with Gasteiger partial charge in [0, 0.05) is 13.1 Å². The third kappa shape index (κ3) is 4.13. The van der Waals surface area contributed by atoms with Gasteiger partial charge in [-0.1, -0.05) is 6.07 Å². The van der Waals surface area contributed by atoms with Crippen LogP contribution in [0.25, 0.3) is 0 Å². The molecular weight excluding hydrogens is 416 g/mol. The number of nitrogens with zero attached hydrogens (tertiary/aromatic N) is 1. The molecule has 1 amide bonds. The van der Waals surface area contributed by atoms with Crippen molar-refractivity contribution < 1.29 is 30.4 Å². The van der Waals surface area contributed by atoms with Crippen molar-refractivity contribution in [1.29, 1.82) is 0 Å². The van der Waals surface area contributed by atoms with Crippen LogP contribution in [0.4, 0.5) is 14.5 Å². The van der Waals surface area contributed by atoms with E-state index in [0.717, 1.165) is 16.4 Å². The zero-order valence-corrected chi connectivity index (χ0v) is 15.9. The van der Waals surface area contributed by atoms with Gasteiger partial charge in [0.1, 0.15) is 0 Å². The Morgan fingerprint density at radius 3 is 2.39 bits per heavy atom. The van der Waals surface area contributed by atoms with Gasteiger partial charge < -0.3 is 5.32 Å². The molecule has 0 aliphatic carbocycles. The lowest BCUT2D eigenvalue weighted by atomic mass is 10.3. The monoisotopic (exact) mass is 431 g/mol. The molecule has 8 nitrogen and oxygen atoms in total. The molecule has 1 aliphatic rings. The van der Waals surface area contributed by atoms with Gasteiger partial charge in [0.05, 0.1) is 22.0 Å². The summed E-state index contributed by atoms with van der Waals surface area (Å²) < 4.78 is 79.5. The Morgan fingerprint density at radius 2 is 1.71 bits per heavy atom. The molecule has 0 aromatic heterocycles. The molecule has 1 aliphatic heterocycles. The van der Waals surface area contributed by atoms with Gasteiger partial charge in [-0.25, -0.2) is 25.6 Å². The second-order valence-electron chi connectivity index (χ2n) is 5.90. The summed E-state index contributed by atoms with van der Waals surface area (Å²) in [4.78, 5) is 10.7. The Hall–Kier alpha value is -2.57. The Morgan fingerprint density at radius 1 is 0.964 bits per heavy atom. The van der Waals surface area contributed by atoms with Gasteiger partial charge in [-0.2, -0.15) is 4.31 Å². The molecule has 3 rings (SSSR count). The third-order valence-corrected chi connectivity index (χ3v) is 7.15.